The first-order valence-corrected chi connectivity index (χ1v) is 8.90. The van der Waals surface area contributed by atoms with Crippen molar-refractivity contribution >= 4 is 23.2 Å². The van der Waals surface area contributed by atoms with Gasteiger partial charge in [0.1, 0.15) is 10.0 Å². The molecule has 0 unspecified atom stereocenters. The van der Waals surface area contributed by atoms with Crippen LogP contribution in [0, 0.1) is 5.92 Å². The van der Waals surface area contributed by atoms with Gasteiger partial charge in [0.2, 0.25) is 5.91 Å². The van der Waals surface area contributed by atoms with Crippen LogP contribution in [0.2, 0.25) is 0 Å². The summed E-state index contributed by atoms with van der Waals surface area (Å²) in [7, 11) is 0. The Kier molecular flexibility index (Phi) is 5.24. The second-order valence-electron chi connectivity index (χ2n) is 5.82. The molecule has 0 bridgehead atoms. The van der Waals surface area contributed by atoms with E-state index >= 15 is 0 Å². The Hall–Kier alpha value is -2.22. The summed E-state index contributed by atoms with van der Waals surface area (Å²) in [5, 5.41) is 15.7. The van der Waals surface area contributed by atoms with Gasteiger partial charge in [0.15, 0.2) is 5.76 Å². The predicted molar refractivity (Wildman–Crippen MR) is 88.4 cm³/mol. The van der Waals surface area contributed by atoms with Crippen LogP contribution in [0.3, 0.4) is 0 Å². The van der Waals surface area contributed by atoms with E-state index in [0.29, 0.717) is 18.7 Å². The molecule has 2 aromatic rings. The first kappa shape index (κ1) is 16.6. The van der Waals surface area contributed by atoms with Gasteiger partial charge in [-0.15, -0.1) is 10.2 Å². The monoisotopic (exact) mass is 348 g/mol. The van der Waals surface area contributed by atoms with Gasteiger partial charge in [-0.25, -0.2) is 0 Å². The number of aromatic nitrogens is 2. The molecule has 7 nitrogen and oxygen atoms in total. The molecule has 1 aliphatic rings. The van der Waals surface area contributed by atoms with E-state index < -0.39 is 0 Å². The zero-order valence-corrected chi connectivity index (χ0v) is 14.3. The number of furan rings is 1. The molecule has 3 rings (SSSR count). The number of aryl methyl sites for hydroxylation is 1. The normalized spacial score (nSPS) is 20.0. The van der Waals surface area contributed by atoms with Crippen molar-refractivity contribution in [3.63, 3.8) is 0 Å². The van der Waals surface area contributed by atoms with Gasteiger partial charge in [0.05, 0.1) is 12.8 Å². The number of carbonyl (C=O) groups is 2. The number of nitrogens with zero attached hydrogens (tertiary/aromatic N) is 2. The van der Waals surface area contributed by atoms with Crippen LogP contribution >= 0.6 is 11.3 Å². The number of hydrogen-bond donors (Lipinski definition) is 2. The fourth-order valence-corrected chi connectivity index (χ4v) is 3.55. The summed E-state index contributed by atoms with van der Waals surface area (Å²) < 4.78 is 5.08. The standard InChI is InChI=1S/C16H20N4O3S/c1-2-13-19-20-14(24-13)9-17-15(21)10-5-6-11(8-10)18-16(22)12-4-3-7-23-12/h3-4,7,10-11H,2,5-6,8-9H2,1H3,(H,17,21)(H,18,22)/t10-,11+/m0/s1. The van der Waals surface area contributed by atoms with Crippen LogP contribution in [0.15, 0.2) is 22.8 Å². The van der Waals surface area contributed by atoms with Crippen LogP contribution in [0.25, 0.3) is 0 Å². The zero-order valence-electron chi connectivity index (χ0n) is 13.4. The summed E-state index contributed by atoms with van der Waals surface area (Å²) in [5.74, 6) is 0.00127. The van der Waals surface area contributed by atoms with Gasteiger partial charge in [0.25, 0.3) is 5.91 Å². The van der Waals surface area contributed by atoms with Crippen molar-refractivity contribution in [1.82, 2.24) is 20.8 Å². The van der Waals surface area contributed by atoms with E-state index in [0.717, 1.165) is 29.3 Å². The van der Waals surface area contributed by atoms with Crippen molar-refractivity contribution in [2.75, 3.05) is 0 Å². The van der Waals surface area contributed by atoms with E-state index in [9.17, 15) is 9.59 Å². The lowest BCUT2D eigenvalue weighted by atomic mass is 10.1. The molecular weight excluding hydrogens is 328 g/mol. The lowest BCUT2D eigenvalue weighted by Gasteiger charge is -2.12. The summed E-state index contributed by atoms with van der Waals surface area (Å²) in [4.78, 5) is 24.2. The van der Waals surface area contributed by atoms with Crippen molar-refractivity contribution in [1.29, 1.82) is 0 Å². The minimum atomic E-state index is -0.230. The van der Waals surface area contributed by atoms with Crippen LogP contribution in [-0.2, 0) is 17.8 Å². The van der Waals surface area contributed by atoms with Crippen LogP contribution < -0.4 is 10.6 Å². The van der Waals surface area contributed by atoms with Crippen LogP contribution in [0.1, 0.15) is 46.8 Å². The highest BCUT2D eigenvalue weighted by atomic mass is 32.1. The largest absolute Gasteiger partial charge is 0.459 e. The van der Waals surface area contributed by atoms with Crippen molar-refractivity contribution in [3.05, 3.63) is 34.2 Å². The van der Waals surface area contributed by atoms with Crippen LogP contribution in [0.5, 0.6) is 0 Å². The molecule has 1 fully saturated rings. The lowest BCUT2D eigenvalue weighted by molar-refractivity contribution is -0.125. The smallest absolute Gasteiger partial charge is 0.287 e. The van der Waals surface area contributed by atoms with E-state index in [1.165, 1.54) is 17.6 Å². The highest BCUT2D eigenvalue weighted by Gasteiger charge is 2.31. The third-order valence-corrected chi connectivity index (χ3v) is 5.18. The van der Waals surface area contributed by atoms with E-state index in [-0.39, 0.29) is 23.8 Å². The topological polar surface area (TPSA) is 97.1 Å². The molecule has 0 saturated heterocycles. The van der Waals surface area contributed by atoms with Gasteiger partial charge in [-0.1, -0.05) is 18.3 Å². The maximum absolute atomic E-state index is 12.3. The van der Waals surface area contributed by atoms with Gasteiger partial charge in [-0.05, 0) is 37.8 Å². The average molecular weight is 348 g/mol. The second-order valence-corrected chi connectivity index (χ2v) is 6.97. The highest BCUT2D eigenvalue weighted by Crippen LogP contribution is 2.26. The van der Waals surface area contributed by atoms with Crippen molar-refractivity contribution in [2.24, 2.45) is 5.92 Å². The fourth-order valence-electron chi connectivity index (χ4n) is 2.82. The Balaban J connectivity index is 1.44. The Bertz CT molecular complexity index is 698. The molecule has 8 heteroatoms. The minimum absolute atomic E-state index is 0.00609. The van der Waals surface area contributed by atoms with Crippen LogP contribution in [-0.4, -0.2) is 28.1 Å². The fraction of sp³-hybridized carbons (Fsp3) is 0.500. The minimum Gasteiger partial charge on any atom is -0.459 e. The van der Waals surface area contributed by atoms with Gasteiger partial charge in [-0.3, -0.25) is 9.59 Å². The average Bonchev–Trinajstić information content (AvgIpc) is 3.32. The SMILES string of the molecule is CCc1nnc(CNC(=O)[C@H]2CC[C@@H](NC(=O)c3ccco3)C2)s1. The second kappa shape index (κ2) is 7.57. The molecule has 0 radical (unpaired) electrons. The third-order valence-electron chi connectivity index (χ3n) is 4.11. The number of rotatable bonds is 6. The molecule has 2 N–H and O–H groups in total. The van der Waals surface area contributed by atoms with Crippen molar-refractivity contribution < 1.29 is 14.0 Å². The van der Waals surface area contributed by atoms with Gasteiger partial charge < -0.3 is 15.1 Å². The molecule has 1 saturated carbocycles. The van der Waals surface area contributed by atoms with E-state index in [1.807, 2.05) is 6.92 Å². The molecule has 128 valence electrons. The molecule has 1 aliphatic carbocycles. The lowest BCUT2D eigenvalue weighted by Crippen LogP contribution is -2.34. The molecule has 0 spiro atoms. The molecule has 2 aromatic heterocycles. The summed E-state index contributed by atoms with van der Waals surface area (Å²) in [6.45, 7) is 2.44. The van der Waals surface area contributed by atoms with Gasteiger partial charge in [-0.2, -0.15) is 0 Å². The maximum Gasteiger partial charge on any atom is 0.287 e. The maximum atomic E-state index is 12.3. The first-order chi connectivity index (χ1) is 11.7. The zero-order chi connectivity index (χ0) is 16.9. The number of carbonyl (C=O) groups excluding carboxylic acids is 2. The molecular formula is C16H20N4O3S. The Morgan fingerprint density at radius 3 is 2.88 bits per heavy atom. The summed E-state index contributed by atoms with van der Waals surface area (Å²) in [5.41, 5.74) is 0. The quantitative estimate of drug-likeness (QED) is 0.831. The van der Waals surface area contributed by atoms with Crippen molar-refractivity contribution in [2.45, 2.75) is 45.2 Å². The molecule has 2 amide bonds. The molecule has 2 atom stereocenters. The van der Waals surface area contributed by atoms with Crippen LogP contribution in [0.4, 0.5) is 0 Å². The van der Waals surface area contributed by atoms with E-state index in [1.54, 1.807) is 12.1 Å². The number of hydrogen-bond acceptors (Lipinski definition) is 6. The van der Waals surface area contributed by atoms with Gasteiger partial charge >= 0.3 is 0 Å². The summed E-state index contributed by atoms with van der Waals surface area (Å²) in [6, 6.07) is 3.31. The third kappa shape index (κ3) is 4.00. The summed E-state index contributed by atoms with van der Waals surface area (Å²) >= 11 is 1.52. The van der Waals surface area contributed by atoms with Gasteiger partial charge in [0, 0.05) is 12.0 Å². The number of nitrogens with one attached hydrogen (secondary N) is 2. The molecule has 2 heterocycles. The molecule has 0 aromatic carbocycles. The first-order valence-electron chi connectivity index (χ1n) is 8.09. The van der Waals surface area contributed by atoms with Crippen molar-refractivity contribution in [3.8, 4) is 0 Å². The van der Waals surface area contributed by atoms with E-state index in [2.05, 4.69) is 20.8 Å². The highest BCUT2D eigenvalue weighted by molar-refractivity contribution is 7.11. The Labute approximate surface area is 143 Å². The number of amides is 2. The Morgan fingerprint density at radius 1 is 1.33 bits per heavy atom. The molecule has 0 aliphatic heterocycles. The Morgan fingerprint density at radius 2 is 2.17 bits per heavy atom. The predicted octanol–water partition coefficient (Wildman–Crippen LogP) is 1.91. The van der Waals surface area contributed by atoms with E-state index in [4.69, 9.17) is 4.42 Å². The molecule has 24 heavy (non-hydrogen) atoms. The summed E-state index contributed by atoms with van der Waals surface area (Å²) in [6.07, 6.45) is 4.53.